The predicted octanol–water partition coefficient (Wildman–Crippen LogP) is 6.09. The van der Waals surface area contributed by atoms with Gasteiger partial charge >= 0.3 is 0 Å². The maximum absolute atomic E-state index is 6.03. The van der Waals surface area contributed by atoms with Crippen molar-refractivity contribution in [3.63, 3.8) is 0 Å². The van der Waals surface area contributed by atoms with E-state index in [0.717, 1.165) is 13.0 Å². The first-order chi connectivity index (χ1) is 13.5. The molecule has 0 aliphatic carbocycles. The minimum absolute atomic E-state index is 0.0206. The minimum Gasteiger partial charge on any atom is -0.354 e. The highest BCUT2D eigenvalue weighted by atomic mass is 35.6. The second kappa shape index (κ2) is 9.47. The minimum atomic E-state index is -1.80. The molecule has 1 unspecified atom stereocenters. The zero-order chi connectivity index (χ0) is 21.2. The van der Waals surface area contributed by atoms with Gasteiger partial charge in [0.05, 0.1) is 0 Å². The molecule has 2 aromatic rings. The summed E-state index contributed by atoms with van der Waals surface area (Å²) in [7, 11) is 2.14. The number of hydrogen-bond acceptors (Lipinski definition) is 5. The Morgan fingerprint density at radius 3 is 2.45 bits per heavy atom. The van der Waals surface area contributed by atoms with Gasteiger partial charge < -0.3 is 10.2 Å². The van der Waals surface area contributed by atoms with Crippen LogP contribution in [0.2, 0.25) is 0 Å². The van der Waals surface area contributed by atoms with E-state index in [9.17, 15) is 0 Å². The Hall–Kier alpha value is -0.270. The molecule has 0 saturated carbocycles. The lowest BCUT2D eigenvalue weighted by Crippen LogP contribution is -2.27. The average molecular weight is 518 g/mol. The summed E-state index contributed by atoms with van der Waals surface area (Å²) in [5, 5.41) is 3.22. The third kappa shape index (κ3) is 6.36. The van der Waals surface area contributed by atoms with Gasteiger partial charge in [-0.2, -0.15) is 9.97 Å². The Balaban J connectivity index is 1.86. The van der Waals surface area contributed by atoms with Crippen LogP contribution in [-0.2, 0) is 7.59 Å². The molecule has 1 saturated heterocycles. The van der Waals surface area contributed by atoms with Crippen LogP contribution >= 0.6 is 69.6 Å². The molecule has 0 amide bonds. The average Bonchev–Trinajstić information content (AvgIpc) is 3.05. The molecule has 29 heavy (non-hydrogen) atoms. The van der Waals surface area contributed by atoms with Crippen molar-refractivity contribution >= 4 is 75.6 Å². The lowest BCUT2D eigenvalue weighted by atomic mass is 10.1. The summed E-state index contributed by atoms with van der Waals surface area (Å²) in [5.74, 6) is 0.668. The quantitative estimate of drug-likeness (QED) is 0.486. The molecular formula is C18H19Cl6N5. The highest BCUT2D eigenvalue weighted by Crippen LogP contribution is 2.40. The number of anilines is 1. The predicted molar refractivity (Wildman–Crippen MR) is 122 cm³/mol. The van der Waals surface area contributed by atoms with E-state index in [4.69, 9.17) is 69.6 Å². The van der Waals surface area contributed by atoms with Crippen LogP contribution in [0.4, 0.5) is 5.95 Å². The first-order valence-corrected chi connectivity index (χ1v) is 11.3. The van der Waals surface area contributed by atoms with Crippen molar-refractivity contribution in [1.82, 2.24) is 19.9 Å². The van der Waals surface area contributed by atoms with Crippen molar-refractivity contribution in [2.45, 2.75) is 32.9 Å². The van der Waals surface area contributed by atoms with Gasteiger partial charge in [-0.05, 0) is 38.9 Å². The maximum Gasteiger partial charge on any atom is 0.250 e. The molecule has 0 spiro atoms. The number of halogens is 6. The number of hydrogen-bond donors (Lipinski definition) is 1. The van der Waals surface area contributed by atoms with Gasteiger partial charge in [0.15, 0.2) is 11.6 Å². The Morgan fingerprint density at radius 2 is 1.83 bits per heavy atom. The number of aromatic nitrogens is 3. The van der Waals surface area contributed by atoms with Crippen molar-refractivity contribution in [2.24, 2.45) is 0 Å². The molecule has 3 rings (SSSR count). The smallest absolute Gasteiger partial charge is 0.250 e. The van der Waals surface area contributed by atoms with Crippen molar-refractivity contribution in [1.29, 1.82) is 0 Å². The first kappa shape index (κ1) is 23.4. The van der Waals surface area contributed by atoms with Crippen molar-refractivity contribution in [3.8, 4) is 11.4 Å². The van der Waals surface area contributed by atoms with E-state index in [1.807, 2.05) is 0 Å². The molecule has 1 fully saturated rings. The lowest BCUT2D eigenvalue weighted by molar-refractivity contribution is 0.301. The van der Waals surface area contributed by atoms with Gasteiger partial charge in [0, 0.05) is 23.7 Å². The van der Waals surface area contributed by atoms with E-state index in [0.29, 0.717) is 35.5 Å². The monoisotopic (exact) mass is 515 g/mol. The van der Waals surface area contributed by atoms with Crippen LogP contribution in [0, 0.1) is 0 Å². The summed E-state index contributed by atoms with van der Waals surface area (Å²) in [6.07, 6.45) is 3.36. The van der Waals surface area contributed by atoms with Gasteiger partial charge in [0.25, 0.3) is 0 Å². The molecule has 158 valence electrons. The van der Waals surface area contributed by atoms with Gasteiger partial charge in [-0.15, -0.1) is 0 Å². The highest BCUT2D eigenvalue weighted by Gasteiger charge is 2.29. The fraction of sp³-hybridized carbons (Fsp3) is 0.500. The van der Waals surface area contributed by atoms with Gasteiger partial charge in [-0.1, -0.05) is 87.8 Å². The molecular weight excluding hydrogens is 499 g/mol. The van der Waals surface area contributed by atoms with E-state index < -0.39 is 7.59 Å². The number of alkyl halides is 6. The van der Waals surface area contributed by atoms with E-state index in [2.05, 4.69) is 32.2 Å². The summed E-state index contributed by atoms with van der Waals surface area (Å²) in [5.41, 5.74) is 1.10. The van der Waals surface area contributed by atoms with Gasteiger partial charge in [0.2, 0.25) is 13.5 Å². The number of likely N-dealkylation sites (tertiary alicyclic amines) is 1. The van der Waals surface area contributed by atoms with Gasteiger partial charge in [0.1, 0.15) is 0 Å². The second-order valence-corrected chi connectivity index (χ2v) is 11.4. The largest absolute Gasteiger partial charge is 0.354 e. The SMILES string of the molecule is CN1CCCC1CCNc1nc(-c2cccc(C(Cl)(Cl)Cl)c2)nc(C(Cl)(Cl)Cl)n1. The Morgan fingerprint density at radius 1 is 1.07 bits per heavy atom. The third-order valence-corrected chi connectivity index (χ3v) is 5.93. The topological polar surface area (TPSA) is 53.9 Å². The number of rotatable bonds is 5. The van der Waals surface area contributed by atoms with Crippen LogP contribution < -0.4 is 5.32 Å². The molecule has 0 bridgehead atoms. The van der Waals surface area contributed by atoms with E-state index in [1.54, 1.807) is 24.3 Å². The van der Waals surface area contributed by atoms with Gasteiger partial charge in [-0.25, -0.2) is 4.98 Å². The van der Waals surface area contributed by atoms with Crippen molar-refractivity contribution < 1.29 is 0 Å². The fourth-order valence-corrected chi connectivity index (χ4v) is 3.85. The van der Waals surface area contributed by atoms with E-state index in [1.165, 1.54) is 12.8 Å². The lowest BCUT2D eigenvalue weighted by Gasteiger charge is -2.19. The fourth-order valence-electron chi connectivity index (χ4n) is 3.24. The Labute approximate surface area is 200 Å². The van der Waals surface area contributed by atoms with Crippen LogP contribution in [0.5, 0.6) is 0 Å². The summed E-state index contributed by atoms with van der Waals surface area (Å²) in [4.78, 5) is 15.4. The molecule has 1 aromatic carbocycles. The van der Waals surface area contributed by atoms with Crippen molar-refractivity contribution in [2.75, 3.05) is 25.5 Å². The maximum atomic E-state index is 6.03. The zero-order valence-corrected chi connectivity index (χ0v) is 20.0. The standard InChI is InChI=1S/C18H19Cl6N5/c1-29-9-3-6-13(29)7-8-25-16-27-14(26-15(28-16)18(22,23)24)11-4-2-5-12(10-11)17(19,20)21/h2,4-5,10,13H,3,6-9H2,1H3,(H,25,26,27,28). The molecule has 1 aromatic heterocycles. The Bertz CT molecular complexity index is 851. The summed E-state index contributed by atoms with van der Waals surface area (Å²) in [6.45, 7) is 1.81. The third-order valence-electron chi connectivity index (χ3n) is 4.77. The van der Waals surface area contributed by atoms with E-state index in [-0.39, 0.29) is 5.82 Å². The molecule has 2 heterocycles. The molecule has 5 nitrogen and oxygen atoms in total. The molecule has 1 N–H and O–H groups in total. The summed E-state index contributed by atoms with van der Waals surface area (Å²) >= 11 is 36.1. The molecule has 11 heteroatoms. The number of nitrogens with one attached hydrogen (secondary N) is 1. The van der Waals surface area contributed by atoms with Crippen LogP contribution in [0.25, 0.3) is 11.4 Å². The van der Waals surface area contributed by atoms with E-state index >= 15 is 0 Å². The first-order valence-electron chi connectivity index (χ1n) is 8.99. The second-order valence-electron chi connectivity index (χ2n) is 6.87. The Kier molecular flexibility index (Phi) is 7.64. The molecule has 0 radical (unpaired) electrons. The zero-order valence-electron chi connectivity index (χ0n) is 15.5. The van der Waals surface area contributed by atoms with Gasteiger partial charge in [-0.3, -0.25) is 0 Å². The molecule has 1 aliphatic heterocycles. The van der Waals surface area contributed by atoms with Crippen LogP contribution in [-0.4, -0.2) is 46.0 Å². The van der Waals surface area contributed by atoms with Crippen LogP contribution in [0.15, 0.2) is 24.3 Å². The normalized spacial score (nSPS) is 18.2. The highest BCUT2D eigenvalue weighted by molar-refractivity contribution is 6.67. The summed E-state index contributed by atoms with van der Waals surface area (Å²) in [6, 6.07) is 7.45. The molecule has 1 atom stereocenters. The number of nitrogens with zero attached hydrogens (tertiary/aromatic N) is 4. The van der Waals surface area contributed by atoms with Crippen LogP contribution in [0.1, 0.15) is 30.7 Å². The van der Waals surface area contributed by atoms with Crippen molar-refractivity contribution in [3.05, 3.63) is 35.7 Å². The number of benzene rings is 1. The van der Waals surface area contributed by atoms with Crippen LogP contribution in [0.3, 0.4) is 0 Å². The molecule has 1 aliphatic rings. The summed E-state index contributed by atoms with van der Waals surface area (Å²) < 4.78 is -3.37.